The number of ether oxygens (including phenoxy) is 1. The van der Waals surface area contributed by atoms with E-state index in [0.29, 0.717) is 5.02 Å². The Morgan fingerprint density at radius 3 is 2.82 bits per heavy atom. The van der Waals surface area contributed by atoms with Gasteiger partial charge in [0.1, 0.15) is 0 Å². The molecule has 1 aromatic rings. The van der Waals surface area contributed by atoms with Gasteiger partial charge in [-0.3, -0.25) is 0 Å². The van der Waals surface area contributed by atoms with Crippen LogP contribution in [0.15, 0.2) is 18.2 Å². The maximum Gasteiger partial charge on any atom is 0.0538 e. The molecule has 1 aromatic carbocycles. The number of rotatable bonds is 4. The Bertz CT molecular complexity index is 389. The third-order valence-corrected chi connectivity index (χ3v) is 3.90. The number of hydrogen-bond donors (Lipinski definition) is 1. The van der Waals surface area contributed by atoms with Crippen molar-refractivity contribution in [2.45, 2.75) is 12.8 Å². The lowest BCUT2D eigenvalue weighted by atomic mass is 9.81. The Morgan fingerprint density at radius 2 is 2.24 bits per heavy atom. The van der Waals surface area contributed by atoms with Crippen molar-refractivity contribution in [3.63, 3.8) is 0 Å². The first-order valence-corrected chi connectivity index (χ1v) is 6.57. The van der Waals surface area contributed by atoms with Crippen molar-refractivity contribution in [2.75, 3.05) is 26.8 Å². The normalized spacial score (nSPS) is 24.2. The molecule has 2 nitrogen and oxygen atoms in total. The van der Waals surface area contributed by atoms with Gasteiger partial charge < -0.3 is 10.1 Å². The van der Waals surface area contributed by atoms with E-state index >= 15 is 0 Å². The first-order valence-electron chi connectivity index (χ1n) is 5.81. The molecule has 1 aliphatic rings. The van der Waals surface area contributed by atoms with Crippen LogP contribution in [-0.4, -0.2) is 26.8 Å². The largest absolute Gasteiger partial charge is 0.381 e. The molecule has 0 aliphatic carbocycles. The van der Waals surface area contributed by atoms with Crippen molar-refractivity contribution in [3.05, 3.63) is 33.8 Å². The van der Waals surface area contributed by atoms with Gasteiger partial charge in [0, 0.05) is 28.6 Å². The molecule has 1 aliphatic heterocycles. The van der Waals surface area contributed by atoms with Crippen LogP contribution in [-0.2, 0) is 11.2 Å². The van der Waals surface area contributed by atoms with Crippen molar-refractivity contribution in [1.29, 1.82) is 0 Å². The summed E-state index contributed by atoms with van der Waals surface area (Å²) in [5, 5.41) is 4.69. The van der Waals surface area contributed by atoms with E-state index in [1.807, 2.05) is 19.2 Å². The fraction of sp³-hybridized carbons (Fsp3) is 0.538. The quantitative estimate of drug-likeness (QED) is 0.910. The zero-order valence-corrected chi connectivity index (χ0v) is 11.4. The van der Waals surface area contributed by atoms with E-state index in [1.54, 1.807) is 6.07 Å². The Labute approximate surface area is 112 Å². The molecule has 1 unspecified atom stereocenters. The van der Waals surface area contributed by atoms with Gasteiger partial charge >= 0.3 is 0 Å². The average Bonchev–Trinajstić information content (AvgIpc) is 2.72. The summed E-state index contributed by atoms with van der Waals surface area (Å²) in [5.74, 6) is 0. The lowest BCUT2D eigenvalue weighted by molar-refractivity contribution is 0.150. The minimum absolute atomic E-state index is 0.173. The molecule has 0 bridgehead atoms. The summed E-state index contributed by atoms with van der Waals surface area (Å²) in [6, 6.07) is 5.72. The Morgan fingerprint density at radius 1 is 1.41 bits per heavy atom. The van der Waals surface area contributed by atoms with Gasteiger partial charge in [-0.25, -0.2) is 0 Å². The molecule has 0 aromatic heterocycles. The van der Waals surface area contributed by atoms with E-state index in [0.717, 1.165) is 43.2 Å². The molecule has 4 heteroatoms. The molecule has 0 radical (unpaired) electrons. The lowest BCUT2D eigenvalue weighted by Crippen LogP contribution is -2.35. The van der Waals surface area contributed by atoms with Crippen LogP contribution < -0.4 is 5.32 Å². The second-order valence-corrected chi connectivity index (χ2v) is 5.59. The molecule has 17 heavy (non-hydrogen) atoms. The van der Waals surface area contributed by atoms with Crippen molar-refractivity contribution >= 4 is 23.2 Å². The van der Waals surface area contributed by atoms with Crippen molar-refractivity contribution in [3.8, 4) is 0 Å². The Kier molecular flexibility index (Phi) is 4.31. The van der Waals surface area contributed by atoms with Gasteiger partial charge in [0.15, 0.2) is 0 Å². The van der Waals surface area contributed by atoms with Crippen LogP contribution in [0.3, 0.4) is 0 Å². The van der Waals surface area contributed by atoms with Gasteiger partial charge in [0.2, 0.25) is 0 Å². The maximum absolute atomic E-state index is 6.22. The van der Waals surface area contributed by atoms with E-state index in [-0.39, 0.29) is 5.41 Å². The first kappa shape index (κ1) is 13.2. The molecular weight excluding hydrogens is 257 g/mol. The van der Waals surface area contributed by atoms with Crippen molar-refractivity contribution < 1.29 is 4.74 Å². The Hall–Kier alpha value is -0.280. The SMILES string of the molecule is CNCC1(Cc2ccc(Cl)cc2Cl)CCOC1. The van der Waals surface area contributed by atoms with Gasteiger partial charge in [0.25, 0.3) is 0 Å². The van der Waals surface area contributed by atoms with Gasteiger partial charge in [-0.05, 0) is 37.6 Å². The molecular formula is C13H17Cl2NO. The lowest BCUT2D eigenvalue weighted by Gasteiger charge is -2.27. The predicted octanol–water partition coefficient (Wildman–Crippen LogP) is 3.16. The topological polar surface area (TPSA) is 21.3 Å². The van der Waals surface area contributed by atoms with Gasteiger partial charge in [-0.15, -0.1) is 0 Å². The van der Waals surface area contributed by atoms with Crippen LogP contribution in [0.1, 0.15) is 12.0 Å². The molecule has 2 rings (SSSR count). The average molecular weight is 274 g/mol. The molecule has 0 saturated carbocycles. The van der Waals surface area contributed by atoms with Crippen LogP contribution >= 0.6 is 23.2 Å². The second-order valence-electron chi connectivity index (χ2n) is 4.75. The summed E-state index contributed by atoms with van der Waals surface area (Å²) in [4.78, 5) is 0. The molecule has 0 amide bonds. The van der Waals surface area contributed by atoms with E-state index in [4.69, 9.17) is 27.9 Å². The summed E-state index contributed by atoms with van der Waals surface area (Å²) in [6.45, 7) is 2.59. The summed E-state index contributed by atoms with van der Waals surface area (Å²) in [5.41, 5.74) is 1.32. The zero-order chi connectivity index (χ0) is 12.3. The van der Waals surface area contributed by atoms with Crippen LogP contribution in [0.25, 0.3) is 0 Å². The van der Waals surface area contributed by atoms with Gasteiger partial charge in [-0.2, -0.15) is 0 Å². The van der Waals surface area contributed by atoms with Crippen LogP contribution in [0.4, 0.5) is 0 Å². The molecule has 94 valence electrons. The number of nitrogens with one attached hydrogen (secondary N) is 1. The summed E-state index contributed by atoms with van der Waals surface area (Å²) in [6.07, 6.45) is 2.01. The maximum atomic E-state index is 6.22. The number of hydrogen-bond acceptors (Lipinski definition) is 2. The molecule has 1 heterocycles. The predicted molar refractivity (Wildman–Crippen MR) is 72.0 cm³/mol. The smallest absolute Gasteiger partial charge is 0.0538 e. The van der Waals surface area contributed by atoms with Crippen molar-refractivity contribution in [2.24, 2.45) is 5.41 Å². The van der Waals surface area contributed by atoms with Crippen LogP contribution in [0.2, 0.25) is 10.0 Å². The minimum atomic E-state index is 0.173. The highest BCUT2D eigenvalue weighted by Gasteiger charge is 2.34. The number of benzene rings is 1. The first-order chi connectivity index (χ1) is 8.15. The molecule has 0 spiro atoms. The van der Waals surface area contributed by atoms with E-state index < -0.39 is 0 Å². The van der Waals surface area contributed by atoms with E-state index in [2.05, 4.69) is 5.32 Å². The highest BCUT2D eigenvalue weighted by molar-refractivity contribution is 6.35. The molecule has 1 N–H and O–H groups in total. The monoisotopic (exact) mass is 273 g/mol. The molecule has 1 saturated heterocycles. The summed E-state index contributed by atoms with van der Waals surface area (Å²) < 4.78 is 5.54. The summed E-state index contributed by atoms with van der Waals surface area (Å²) in [7, 11) is 1.98. The van der Waals surface area contributed by atoms with Crippen LogP contribution in [0.5, 0.6) is 0 Å². The van der Waals surface area contributed by atoms with Gasteiger partial charge in [-0.1, -0.05) is 29.3 Å². The molecule has 1 atom stereocenters. The third-order valence-electron chi connectivity index (χ3n) is 3.32. The standard InChI is InChI=1S/C13H17Cl2NO/c1-16-8-13(4-5-17-9-13)7-10-2-3-11(14)6-12(10)15/h2-3,6,16H,4-5,7-9H2,1H3. The summed E-state index contributed by atoms with van der Waals surface area (Å²) >= 11 is 12.1. The second kappa shape index (κ2) is 5.57. The molecule has 1 fully saturated rings. The van der Waals surface area contributed by atoms with E-state index in [1.165, 1.54) is 0 Å². The zero-order valence-electron chi connectivity index (χ0n) is 9.93. The fourth-order valence-corrected chi connectivity index (χ4v) is 2.91. The number of halogens is 2. The highest BCUT2D eigenvalue weighted by Crippen LogP contribution is 2.34. The fourth-order valence-electron chi connectivity index (χ4n) is 2.43. The van der Waals surface area contributed by atoms with Gasteiger partial charge in [0.05, 0.1) is 6.61 Å². The van der Waals surface area contributed by atoms with E-state index in [9.17, 15) is 0 Å². The van der Waals surface area contributed by atoms with Crippen molar-refractivity contribution in [1.82, 2.24) is 5.32 Å². The van der Waals surface area contributed by atoms with Crippen LogP contribution in [0, 0.1) is 5.41 Å². The third kappa shape index (κ3) is 3.14. The highest BCUT2D eigenvalue weighted by atomic mass is 35.5. The minimum Gasteiger partial charge on any atom is -0.381 e. The Balaban J connectivity index is 2.17.